The van der Waals surface area contributed by atoms with Crippen molar-refractivity contribution in [3.63, 3.8) is 0 Å². The van der Waals surface area contributed by atoms with Gasteiger partial charge in [0, 0.05) is 12.1 Å². The van der Waals surface area contributed by atoms with E-state index in [0.717, 1.165) is 12.1 Å². The van der Waals surface area contributed by atoms with Gasteiger partial charge in [-0.3, -0.25) is 10.1 Å². The summed E-state index contributed by atoms with van der Waals surface area (Å²) in [5.74, 6) is -1.09. The van der Waals surface area contributed by atoms with Crippen LogP contribution >= 0.6 is 0 Å². The van der Waals surface area contributed by atoms with Crippen molar-refractivity contribution in [2.24, 2.45) is 5.73 Å². The lowest BCUT2D eigenvalue weighted by molar-refractivity contribution is -0.384. The Morgan fingerprint density at radius 2 is 1.56 bits per heavy atom. The Balaban J connectivity index is 0.000000487. The Labute approximate surface area is 89.1 Å². The first kappa shape index (κ1) is 13.4. The summed E-state index contributed by atoms with van der Waals surface area (Å²) < 4.78 is 0. The van der Waals surface area contributed by atoms with E-state index in [2.05, 4.69) is 5.73 Å². The second-order valence-corrected chi connectivity index (χ2v) is 2.45. The molecule has 1 aromatic rings. The minimum atomic E-state index is -1.33. The zero-order valence-electron chi connectivity index (χ0n) is 7.86. The third-order valence-electron chi connectivity index (χ3n) is 1.33. The van der Waals surface area contributed by atoms with Gasteiger partial charge in [0.25, 0.3) is 5.69 Å². The number of nitrogens with zero attached hydrogens (tertiary/aromatic N) is 1. The van der Waals surface area contributed by atoms with Crippen molar-refractivity contribution in [2.45, 2.75) is 0 Å². The fourth-order valence-corrected chi connectivity index (χ4v) is 0.726. The number of amides is 1. The Morgan fingerprint density at radius 1 is 1.19 bits per heavy atom. The predicted octanol–water partition coefficient (Wildman–Crippen LogP) is 0.916. The molecule has 1 rings (SSSR count). The molecule has 0 heterocycles. The second kappa shape index (κ2) is 5.96. The van der Waals surface area contributed by atoms with E-state index in [0.29, 0.717) is 0 Å². The van der Waals surface area contributed by atoms with E-state index in [9.17, 15) is 14.9 Å². The van der Waals surface area contributed by atoms with E-state index in [4.69, 9.17) is 15.0 Å². The number of carboxylic acids is 1. The molecule has 0 saturated carbocycles. The number of primary amides is 1. The lowest BCUT2D eigenvalue weighted by atomic mass is 10.2. The molecule has 0 spiro atoms. The molecule has 0 saturated heterocycles. The highest BCUT2D eigenvalue weighted by molar-refractivity contribution is 5.87. The number of benzene rings is 1. The minimum Gasteiger partial charge on any atom is -0.478 e. The van der Waals surface area contributed by atoms with Crippen LogP contribution in [0.5, 0.6) is 0 Å². The number of hydrogen-bond donors (Lipinski definition) is 3. The first-order valence-electron chi connectivity index (χ1n) is 3.80. The quantitative estimate of drug-likeness (QED) is 0.506. The normalized spacial score (nSPS) is 8.50. The van der Waals surface area contributed by atoms with Crippen LogP contribution in [0.1, 0.15) is 10.4 Å². The van der Waals surface area contributed by atoms with Gasteiger partial charge < -0.3 is 15.9 Å². The van der Waals surface area contributed by atoms with Crippen LogP contribution < -0.4 is 5.73 Å². The number of rotatable bonds is 2. The summed E-state index contributed by atoms with van der Waals surface area (Å²) in [6.45, 7) is 0. The zero-order valence-corrected chi connectivity index (χ0v) is 7.86. The molecule has 16 heavy (non-hydrogen) atoms. The largest absolute Gasteiger partial charge is 0.478 e. The molecule has 1 aromatic carbocycles. The van der Waals surface area contributed by atoms with Crippen molar-refractivity contribution in [3.05, 3.63) is 39.9 Å². The molecule has 1 amide bonds. The maximum atomic E-state index is 10.3. The third kappa shape index (κ3) is 5.17. The number of nitrogens with two attached hydrogens (primary N) is 1. The molecular formula is C8H8N2O6. The Bertz CT molecular complexity index is 362. The molecular weight excluding hydrogens is 220 g/mol. The van der Waals surface area contributed by atoms with E-state index in [1.165, 1.54) is 12.1 Å². The number of nitro groups is 1. The van der Waals surface area contributed by atoms with Crippen LogP contribution in [0.3, 0.4) is 0 Å². The molecule has 0 aliphatic carbocycles. The van der Waals surface area contributed by atoms with Crippen LogP contribution in [-0.2, 0) is 0 Å². The Kier molecular flexibility index (Phi) is 4.98. The molecule has 0 aliphatic rings. The zero-order chi connectivity index (χ0) is 12.7. The van der Waals surface area contributed by atoms with Crippen LogP contribution in [-0.4, -0.2) is 27.2 Å². The standard InChI is InChI=1S/C7H5NO4.CH3NO2/c9-7(10)5-1-3-6(4-2-5)8(11)12;2-1(3)4/h1-4H,(H,9,10);2H2,(H,3,4). The van der Waals surface area contributed by atoms with E-state index < -0.39 is 17.0 Å². The fraction of sp³-hybridized carbons (Fsp3) is 0. The van der Waals surface area contributed by atoms with Crippen LogP contribution in [0.25, 0.3) is 0 Å². The Morgan fingerprint density at radius 3 is 1.81 bits per heavy atom. The maximum Gasteiger partial charge on any atom is 0.402 e. The van der Waals surface area contributed by atoms with Crippen LogP contribution in [0, 0.1) is 10.1 Å². The van der Waals surface area contributed by atoms with Gasteiger partial charge in [-0.1, -0.05) is 0 Å². The van der Waals surface area contributed by atoms with Crippen molar-refractivity contribution in [2.75, 3.05) is 0 Å². The number of nitro benzene ring substituents is 1. The number of aromatic carboxylic acids is 1. The molecule has 0 aliphatic heterocycles. The first-order valence-corrected chi connectivity index (χ1v) is 3.80. The van der Waals surface area contributed by atoms with E-state index >= 15 is 0 Å². The summed E-state index contributed by atoms with van der Waals surface area (Å²) in [6.07, 6.45) is -1.33. The molecule has 0 unspecified atom stereocenters. The molecule has 0 radical (unpaired) electrons. The summed E-state index contributed by atoms with van der Waals surface area (Å²) in [5.41, 5.74) is 3.96. The molecule has 0 aromatic heterocycles. The fourth-order valence-electron chi connectivity index (χ4n) is 0.726. The molecule has 4 N–H and O–H groups in total. The molecule has 86 valence electrons. The SMILES string of the molecule is NC(=O)O.O=C(O)c1ccc([N+](=O)[O-])cc1. The van der Waals surface area contributed by atoms with Crippen molar-refractivity contribution in [1.82, 2.24) is 0 Å². The third-order valence-corrected chi connectivity index (χ3v) is 1.33. The smallest absolute Gasteiger partial charge is 0.402 e. The Hall–Kier alpha value is -2.64. The number of hydrogen-bond acceptors (Lipinski definition) is 4. The lowest BCUT2D eigenvalue weighted by Crippen LogP contribution is -2.03. The molecule has 0 fully saturated rings. The molecule has 8 heteroatoms. The van der Waals surface area contributed by atoms with E-state index in [-0.39, 0.29) is 11.3 Å². The number of carboxylic acid groups (broad SMARTS) is 2. The van der Waals surface area contributed by atoms with Crippen LogP contribution in [0.15, 0.2) is 24.3 Å². The van der Waals surface area contributed by atoms with E-state index in [1.54, 1.807) is 0 Å². The van der Waals surface area contributed by atoms with Crippen molar-refractivity contribution in [3.8, 4) is 0 Å². The van der Waals surface area contributed by atoms with Crippen LogP contribution in [0.2, 0.25) is 0 Å². The average molecular weight is 228 g/mol. The van der Waals surface area contributed by atoms with Gasteiger partial charge in [0.15, 0.2) is 0 Å². The number of carbonyl (C=O) groups is 2. The average Bonchev–Trinajstić information content (AvgIpc) is 2.17. The highest BCUT2D eigenvalue weighted by atomic mass is 16.6. The highest BCUT2D eigenvalue weighted by Gasteiger charge is 2.06. The van der Waals surface area contributed by atoms with Gasteiger partial charge in [0.1, 0.15) is 0 Å². The summed E-state index contributed by atoms with van der Waals surface area (Å²) in [4.78, 5) is 28.7. The monoisotopic (exact) mass is 228 g/mol. The predicted molar refractivity (Wildman–Crippen MR) is 52.3 cm³/mol. The summed E-state index contributed by atoms with van der Waals surface area (Å²) >= 11 is 0. The van der Waals surface area contributed by atoms with Crippen LogP contribution in [0.4, 0.5) is 10.5 Å². The first-order chi connectivity index (χ1) is 7.34. The van der Waals surface area contributed by atoms with E-state index in [1.807, 2.05) is 0 Å². The lowest BCUT2D eigenvalue weighted by Gasteiger charge is -1.92. The van der Waals surface area contributed by atoms with Gasteiger partial charge in [-0.05, 0) is 12.1 Å². The summed E-state index contributed by atoms with van der Waals surface area (Å²) in [7, 11) is 0. The minimum absolute atomic E-state index is 0.0422. The van der Waals surface area contributed by atoms with Gasteiger partial charge >= 0.3 is 12.1 Å². The van der Waals surface area contributed by atoms with Gasteiger partial charge in [-0.25, -0.2) is 9.59 Å². The maximum absolute atomic E-state index is 10.3. The summed E-state index contributed by atoms with van der Waals surface area (Å²) in [5, 5.41) is 25.8. The van der Waals surface area contributed by atoms with Gasteiger partial charge in [0.05, 0.1) is 10.5 Å². The molecule has 0 bridgehead atoms. The molecule has 8 nitrogen and oxygen atoms in total. The van der Waals surface area contributed by atoms with Gasteiger partial charge in [0.2, 0.25) is 0 Å². The van der Waals surface area contributed by atoms with Crippen molar-refractivity contribution in [1.29, 1.82) is 0 Å². The highest BCUT2D eigenvalue weighted by Crippen LogP contribution is 2.11. The van der Waals surface area contributed by atoms with Gasteiger partial charge in [-0.15, -0.1) is 0 Å². The van der Waals surface area contributed by atoms with Crippen molar-refractivity contribution < 1.29 is 24.7 Å². The number of non-ortho nitro benzene ring substituents is 1. The second-order valence-electron chi connectivity index (χ2n) is 2.45. The summed E-state index contributed by atoms with van der Waals surface area (Å²) in [6, 6.07) is 4.70. The topological polar surface area (TPSA) is 144 Å². The van der Waals surface area contributed by atoms with Gasteiger partial charge in [-0.2, -0.15) is 0 Å². The molecule has 0 atom stereocenters. The van der Waals surface area contributed by atoms with Crippen molar-refractivity contribution >= 4 is 17.7 Å².